The van der Waals surface area contributed by atoms with Crippen LogP contribution < -0.4 is 10.1 Å². The predicted molar refractivity (Wildman–Crippen MR) is 75.0 cm³/mol. The molecule has 1 N–H and O–H groups in total. The zero-order chi connectivity index (χ0) is 15.6. The average molecular weight is 360 g/mol. The molecule has 0 aliphatic carbocycles. The van der Waals surface area contributed by atoms with Crippen molar-refractivity contribution >= 4 is 27.5 Å². The first-order valence-electron chi connectivity index (χ1n) is 5.72. The molecule has 0 aromatic heterocycles. The third-order valence-electron chi connectivity index (χ3n) is 2.68. The fourth-order valence-corrected chi connectivity index (χ4v) is 2.04. The molecule has 2 rings (SSSR count). The first kappa shape index (κ1) is 15.4. The monoisotopic (exact) mass is 359 g/mol. The second-order valence-electron chi connectivity index (χ2n) is 4.05. The number of hydrogen-bond acceptors (Lipinski definition) is 2. The molecule has 0 saturated carbocycles. The van der Waals surface area contributed by atoms with Gasteiger partial charge in [-0.1, -0.05) is 0 Å². The minimum absolute atomic E-state index is 0.165. The van der Waals surface area contributed by atoms with Crippen molar-refractivity contribution in [1.29, 1.82) is 0 Å². The van der Waals surface area contributed by atoms with Crippen LogP contribution >= 0.6 is 15.9 Å². The second-order valence-corrected chi connectivity index (χ2v) is 4.90. The minimum atomic E-state index is -1.33. The lowest BCUT2D eigenvalue weighted by atomic mass is 10.2. The molecule has 0 radical (unpaired) electrons. The fraction of sp³-hybridized carbons (Fsp3) is 0.0714. The van der Waals surface area contributed by atoms with Crippen molar-refractivity contribution in [3.63, 3.8) is 0 Å². The van der Waals surface area contributed by atoms with Crippen LogP contribution in [-0.4, -0.2) is 13.0 Å². The van der Waals surface area contributed by atoms with Crippen molar-refractivity contribution in [3.05, 3.63) is 57.8 Å². The number of ether oxygens (including phenoxy) is 1. The van der Waals surface area contributed by atoms with Gasteiger partial charge in [-0.3, -0.25) is 4.79 Å². The Bertz CT molecular complexity index is 707. The Morgan fingerprint density at radius 1 is 1.10 bits per heavy atom. The number of amides is 1. The van der Waals surface area contributed by atoms with Crippen molar-refractivity contribution < 1.29 is 22.7 Å². The molecular formula is C14H9BrF3NO2. The molecule has 110 valence electrons. The number of halogens is 4. The molecule has 0 aliphatic rings. The van der Waals surface area contributed by atoms with E-state index in [0.29, 0.717) is 22.4 Å². The Morgan fingerprint density at radius 3 is 2.43 bits per heavy atom. The standard InChI is InChI=1S/C14H9BrF3NO2/c1-21-7-2-3-9(15)8(4-7)14(20)19-13-6-11(17)10(16)5-12(13)18/h2-6H,1H3,(H,19,20). The van der Waals surface area contributed by atoms with Crippen LogP contribution in [-0.2, 0) is 0 Å². The Labute approximate surface area is 126 Å². The van der Waals surface area contributed by atoms with E-state index in [4.69, 9.17) is 4.74 Å². The number of nitrogens with one attached hydrogen (secondary N) is 1. The second kappa shape index (κ2) is 6.17. The largest absolute Gasteiger partial charge is 0.497 e. The van der Waals surface area contributed by atoms with Gasteiger partial charge in [0.25, 0.3) is 5.91 Å². The van der Waals surface area contributed by atoms with Crippen LogP contribution in [0.2, 0.25) is 0 Å². The van der Waals surface area contributed by atoms with E-state index >= 15 is 0 Å². The number of carbonyl (C=O) groups is 1. The SMILES string of the molecule is COc1ccc(Br)c(C(=O)Nc2cc(F)c(F)cc2F)c1. The Morgan fingerprint density at radius 2 is 1.76 bits per heavy atom. The van der Waals surface area contributed by atoms with Gasteiger partial charge in [-0.25, -0.2) is 13.2 Å². The maximum Gasteiger partial charge on any atom is 0.257 e. The van der Waals surface area contributed by atoms with Gasteiger partial charge < -0.3 is 10.1 Å². The maximum absolute atomic E-state index is 13.5. The van der Waals surface area contributed by atoms with Crippen molar-refractivity contribution in [3.8, 4) is 5.75 Å². The van der Waals surface area contributed by atoms with Gasteiger partial charge in [-0.15, -0.1) is 0 Å². The van der Waals surface area contributed by atoms with E-state index in [2.05, 4.69) is 21.2 Å². The molecule has 21 heavy (non-hydrogen) atoms. The van der Waals surface area contributed by atoms with E-state index in [0.717, 1.165) is 0 Å². The summed E-state index contributed by atoms with van der Waals surface area (Å²) in [4.78, 5) is 12.1. The van der Waals surface area contributed by atoms with E-state index in [-0.39, 0.29) is 5.56 Å². The molecule has 7 heteroatoms. The fourth-order valence-electron chi connectivity index (χ4n) is 1.61. The van der Waals surface area contributed by atoms with Gasteiger partial charge in [0, 0.05) is 16.6 Å². The molecule has 0 unspecified atom stereocenters. The Kier molecular flexibility index (Phi) is 4.52. The van der Waals surface area contributed by atoms with E-state index in [1.807, 2.05) is 0 Å². The molecule has 1 amide bonds. The number of methoxy groups -OCH3 is 1. The number of anilines is 1. The van der Waals surface area contributed by atoms with Crippen molar-refractivity contribution in [2.24, 2.45) is 0 Å². The molecule has 3 nitrogen and oxygen atoms in total. The lowest BCUT2D eigenvalue weighted by Crippen LogP contribution is -2.14. The first-order valence-corrected chi connectivity index (χ1v) is 6.51. The quantitative estimate of drug-likeness (QED) is 0.836. The van der Waals surface area contributed by atoms with Crippen LogP contribution in [0.25, 0.3) is 0 Å². The van der Waals surface area contributed by atoms with Gasteiger partial charge >= 0.3 is 0 Å². The summed E-state index contributed by atoms with van der Waals surface area (Å²) < 4.78 is 44.8. The molecule has 0 heterocycles. The van der Waals surface area contributed by atoms with Crippen molar-refractivity contribution in [2.45, 2.75) is 0 Å². The van der Waals surface area contributed by atoms with Gasteiger partial charge in [0.1, 0.15) is 11.6 Å². The molecule has 2 aromatic rings. The summed E-state index contributed by atoms with van der Waals surface area (Å²) >= 11 is 3.17. The molecule has 0 aliphatic heterocycles. The van der Waals surface area contributed by atoms with Crippen molar-refractivity contribution in [1.82, 2.24) is 0 Å². The number of carbonyl (C=O) groups excluding carboxylic acids is 1. The van der Waals surface area contributed by atoms with Gasteiger partial charge in [-0.05, 0) is 34.1 Å². The highest BCUT2D eigenvalue weighted by molar-refractivity contribution is 9.10. The number of rotatable bonds is 3. The van der Waals surface area contributed by atoms with E-state index < -0.39 is 29.0 Å². The first-order chi connectivity index (χ1) is 9.92. The Hall–Kier alpha value is -2.02. The summed E-state index contributed by atoms with van der Waals surface area (Å²) in [5.74, 6) is -3.91. The molecule has 2 aromatic carbocycles. The average Bonchev–Trinajstić information content (AvgIpc) is 2.45. The summed E-state index contributed by atoms with van der Waals surface area (Å²) in [6.45, 7) is 0. The van der Waals surface area contributed by atoms with E-state index in [1.54, 1.807) is 12.1 Å². The van der Waals surface area contributed by atoms with Gasteiger partial charge in [0.2, 0.25) is 0 Å². The Balaban J connectivity index is 2.32. The molecule has 0 fully saturated rings. The minimum Gasteiger partial charge on any atom is -0.497 e. The van der Waals surface area contributed by atoms with Crippen LogP contribution in [0.5, 0.6) is 5.75 Å². The summed E-state index contributed by atoms with van der Waals surface area (Å²) in [7, 11) is 1.43. The van der Waals surface area contributed by atoms with E-state index in [1.165, 1.54) is 13.2 Å². The molecule has 0 bridgehead atoms. The van der Waals surface area contributed by atoms with Gasteiger partial charge in [0.15, 0.2) is 11.6 Å². The van der Waals surface area contributed by atoms with Crippen LogP contribution in [0.4, 0.5) is 18.9 Å². The van der Waals surface area contributed by atoms with Crippen LogP contribution in [0, 0.1) is 17.5 Å². The van der Waals surface area contributed by atoms with Crippen LogP contribution in [0.3, 0.4) is 0 Å². The highest BCUT2D eigenvalue weighted by Crippen LogP contribution is 2.25. The summed E-state index contributed by atoms with van der Waals surface area (Å²) in [5, 5.41) is 2.18. The van der Waals surface area contributed by atoms with E-state index in [9.17, 15) is 18.0 Å². The lowest BCUT2D eigenvalue weighted by Gasteiger charge is -2.09. The van der Waals surface area contributed by atoms with Crippen LogP contribution in [0.1, 0.15) is 10.4 Å². The topological polar surface area (TPSA) is 38.3 Å². The van der Waals surface area contributed by atoms with Gasteiger partial charge in [-0.2, -0.15) is 0 Å². The summed E-state index contributed by atoms with van der Waals surface area (Å²) in [6.07, 6.45) is 0. The summed E-state index contributed by atoms with van der Waals surface area (Å²) in [6, 6.07) is 5.58. The zero-order valence-electron chi connectivity index (χ0n) is 10.7. The van der Waals surface area contributed by atoms with Crippen LogP contribution in [0.15, 0.2) is 34.8 Å². The number of hydrogen-bond donors (Lipinski definition) is 1. The van der Waals surface area contributed by atoms with Crippen molar-refractivity contribution in [2.75, 3.05) is 12.4 Å². The molecule has 0 atom stereocenters. The third-order valence-corrected chi connectivity index (χ3v) is 3.37. The molecule has 0 spiro atoms. The highest BCUT2D eigenvalue weighted by atomic mass is 79.9. The molecular weight excluding hydrogens is 351 g/mol. The normalized spacial score (nSPS) is 10.3. The highest BCUT2D eigenvalue weighted by Gasteiger charge is 2.16. The summed E-state index contributed by atoms with van der Waals surface area (Å²) in [5.41, 5.74) is -0.285. The lowest BCUT2D eigenvalue weighted by molar-refractivity contribution is 0.102. The van der Waals surface area contributed by atoms with Gasteiger partial charge in [0.05, 0.1) is 18.4 Å². The maximum atomic E-state index is 13.5. The molecule has 0 saturated heterocycles. The third kappa shape index (κ3) is 3.36. The predicted octanol–water partition coefficient (Wildman–Crippen LogP) is 4.13. The zero-order valence-corrected chi connectivity index (χ0v) is 12.3. The smallest absolute Gasteiger partial charge is 0.257 e. The number of benzene rings is 2.